The maximum atomic E-state index is 13.5. The third-order valence-corrected chi connectivity index (χ3v) is 12.8. The molecule has 2 aliphatic carbocycles. The van der Waals surface area contributed by atoms with Crippen LogP contribution in [0.1, 0.15) is 89.7 Å². The fourth-order valence-electron chi connectivity index (χ4n) is 7.61. The maximum Gasteiger partial charge on any atom is 0.334 e. The van der Waals surface area contributed by atoms with Crippen LogP contribution >= 0.6 is 0 Å². The molecule has 238 valence electrons. The normalized spacial score (nSPS) is 31.3. The number of rotatable bonds is 8. The van der Waals surface area contributed by atoms with Crippen molar-refractivity contribution in [3.63, 3.8) is 0 Å². The first-order valence-corrected chi connectivity index (χ1v) is 17.1. The van der Waals surface area contributed by atoms with Gasteiger partial charge in [0.05, 0.1) is 11.0 Å². The third kappa shape index (κ3) is 5.51. The molecule has 3 heterocycles. The second-order valence-corrected chi connectivity index (χ2v) is 16.0. The smallest absolute Gasteiger partial charge is 0.334 e. The van der Waals surface area contributed by atoms with Gasteiger partial charge < -0.3 is 15.7 Å². The van der Waals surface area contributed by atoms with Crippen LogP contribution in [0.3, 0.4) is 0 Å². The summed E-state index contributed by atoms with van der Waals surface area (Å²) in [6.45, 7) is 4.07. The van der Waals surface area contributed by atoms with Gasteiger partial charge in [-0.2, -0.15) is 0 Å². The first-order chi connectivity index (χ1) is 20.2. The minimum Gasteiger partial charge on any atom is -0.494 e. The van der Waals surface area contributed by atoms with Crippen LogP contribution in [0.5, 0.6) is 5.88 Å². The van der Waals surface area contributed by atoms with Crippen LogP contribution in [-0.4, -0.2) is 80.4 Å². The zero-order valence-corrected chi connectivity index (χ0v) is 26.1. The van der Waals surface area contributed by atoms with Crippen LogP contribution in [0, 0.1) is 23.2 Å². The van der Waals surface area contributed by atoms with E-state index in [1.165, 1.54) is 11.6 Å². The number of sulfone groups is 1. The van der Waals surface area contributed by atoms with Crippen molar-refractivity contribution in [1.29, 1.82) is 5.41 Å². The Bertz CT molecular complexity index is 1540. The van der Waals surface area contributed by atoms with Crippen LogP contribution in [0.4, 0.5) is 4.79 Å². The number of nitrogens with two attached hydrogens (primary N) is 1. The topological polar surface area (TPSA) is 189 Å². The molecule has 5 rings (SSSR count). The molecular formula is C29H44N6O7S. The van der Waals surface area contributed by atoms with E-state index in [2.05, 4.69) is 0 Å². The molecule has 0 spiro atoms. The van der Waals surface area contributed by atoms with Gasteiger partial charge in [-0.15, -0.1) is 0 Å². The lowest BCUT2D eigenvalue weighted by Gasteiger charge is -2.40. The molecule has 13 nitrogen and oxygen atoms in total. The number of nitrogen functional groups attached to an aromatic ring is 1. The van der Waals surface area contributed by atoms with Gasteiger partial charge in [-0.1, -0.05) is 6.42 Å². The number of likely N-dealkylation sites (N-methyl/N-ethyl adjacent to an activating group) is 1. The zero-order chi connectivity index (χ0) is 31.4. The Labute approximate surface area is 251 Å². The van der Waals surface area contributed by atoms with Crippen molar-refractivity contribution in [3.05, 3.63) is 26.4 Å². The highest BCUT2D eigenvalue weighted by atomic mass is 32.2. The number of imide groups is 1. The van der Waals surface area contributed by atoms with Gasteiger partial charge in [0.2, 0.25) is 5.88 Å². The molecular weight excluding hydrogens is 576 g/mol. The largest absolute Gasteiger partial charge is 0.494 e. The van der Waals surface area contributed by atoms with Crippen molar-refractivity contribution < 1.29 is 23.1 Å². The Morgan fingerprint density at radius 3 is 2.21 bits per heavy atom. The summed E-state index contributed by atoms with van der Waals surface area (Å²) >= 11 is 0. The van der Waals surface area contributed by atoms with E-state index in [0.717, 1.165) is 28.7 Å². The lowest BCUT2D eigenvalue weighted by molar-refractivity contribution is -0.132. The lowest BCUT2D eigenvalue weighted by Crippen LogP contribution is -2.51. The van der Waals surface area contributed by atoms with Crippen molar-refractivity contribution >= 4 is 27.6 Å². The Balaban J connectivity index is 1.33. The predicted molar refractivity (Wildman–Crippen MR) is 160 cm³/mol. The van der Waals surface area contributed by atoms with E-state index in [1.54, 1.807) is 18.7 Å². The zero-order valence-electron chi connectivity index (χ0n) is 25.3. The van der Waals surface area contributed by atoms with E-state index in [4.69, 9.17) is 11.1 Å². The number of nitrogens with one attached hydrogen (secondary N) is 1. The molecule has 0 unspecified atom stereocenters. The highest BCUT2D eigenvalue weighted by Crippen LogP contribution is 2.41. The van der Waals surface area contributed by atoms with Gasteiger partial charge in [-0.3, -0.25) is 29.0 Å². The second-order valence-electron chi connectivity index (χ2n) is 13.5. The monoisotopic (exact) mass is 620 g/mol. The summed E-state index contributed by atoms with van der Waals surface area (Å²) in [6, 6.07) is -0.817. The molecule has 2 saturated carbocycles. The molecule has 2 aliphatic heterocycles. The van der Waals surface area contributed by atoms with E-state index >= 15 is 0 Å². The molecule has 0 bridgehead atoms. The van der Waals surface area contributed by atoms with E-state index < -0.39 is 49.6 Å². The number of nitrogens with zero attached hydrogens (tertiary/aromatic N) is 4. The minimum atomic E-state index is -3.13. The summed E-state index contributed by atoms with van der Waals surface area (Å²) < 4.78 is 26.8. The van der Waals surface area contributed by atoms with Crippen LogP contribution in [0.25, 0.3) is 0 Å². The fourth-order valence-corrected chi connectivity index (χ4v) is 9.24. The second kappa shape index (κ2) is 11.4. The number of hydrogen-bond donors (Lipinski definition) is 3. The van der Waals surface area contributed by atoms with Crippen molar-refractivity contribution in [2.45, 2.75) is 101 Å². The quantitative estimate of drug-likeness (QED) is 0.223. The number of carbonyl (C=O) groups excluding carboxylic acids is 2. The van der Waals surface area contributed by atoms with Crippen molar-refractivity contribution in [3.8, 4) is 5.88 Å². The molecule has 14 heteroatoms. The average molecular weight is 621 g/mol. The number of urea groups is 1. The molecule has 1 aromatic heterocycles. The Morgan fingerprint density at radius 1 is 1.00 bits per heavy atom. The number of amides is 3. The fraction of sp³-hybridized carbons (Fsp3) is 0.759. The van der Waals surface area contributed by atoms with E-state index in [-0.39, 0.29) is 47.6 Å². The van der Waals surface area contributed by atoms with E-state index in [1.807, 2.05) is 0 Å². The number of hydrogen-bond acceptors (Lipinski definition) is 8. The standard InChI is InChI=1S/C29H44N6O7S/c1-17-13-20(11-12-43(17,41)42)16-34-27(39)32(3)26(38)29(34,2)14-18-7-9-21(10-8-18)35-25(37)22(23(30)31)24(36)33(28(35)40)15-19-5-4-6-19/h17-21,36H,4-16H2,1-3H3,(H3,30,31)/t17-,18?,20+,21?,29+/m1/s1. The minimum absolute atomic E-state index is 0.0178. The summed E-state index contributed by atoms with van der Waals surface area (Å²) in [5.74, 6) is -1.08. The van der Waals surface area contributed by atoms with Crippen molar-refractivity contribution in [1.82, 2.24) is 18.9 Å². The van der Waals surface area contributed by atoms with Crippen LogP contribution in [-0.2, 0) is 21.2 Å². The molecule has 3 amide bonds. The Morgan fingerprint density at radius 2 is 1.65 bits per heavy atom. The van der Waals surface area contributed by atoms with Gasteiger partial charge >= 0.3 is 11.7 Å². The predicted octanol–water partition coefficient (Wildman–Crippen LogP) is 1.79. The summed E-state index contributed by atoms with van der Waals surface area (Å²) in [5.41, 5.74) is 2.89. The molecule has 1 aromatic rings. The number of aromatic hydroxyl groups is 1. The lowest BCUT2D eigenvalue weighted by atomic mass is 9.77. The average Bonchev–Trinajstić information content (AvgIpc) is 3.06. The number of amidine groups is 1. The number of aromatic nitrogens is 2. The van der Waals surface area contributed by atoms with Crippen LogP contribution in [0.15, 0.2) is 9.59 Å². The molecule has 4 aliphatic rings. The van der Waals surface area contributed by atoms with Crippen LogP contribution < -0.4 is 17.0 Å². The highest BCUT2D eigenvalue weighted by molar-refractivity contribution is 7.92. The molecule has 0 radical (unpaired) electrons. The first kappa shape index (κ1) is 31.3. The molecule has 3 atom stereocenters. The SMILES string of the molecule is C[C@@H]1C[C@@H](CN2C(=O)N(C)C(=O)[C@]2(C)CC2CCC(n3c(=O)c(C(=N)N)c(O)n(CC4CCC4)c3=O)CC2)CCS1(=O)=O. The summed E-state index contributed by atoms with van der Waals surface area (Å²) in [7, 11) is -1.65. The molecule has 4 fully saturated rings. The number of carbonyl (C=O) groups is 2. The van der Waals surface area contributed by atoms with Crippen molar-refractivity contribution in [2.24, 2.45) is 23.5 Å². The Kier molecular flexibility index (Phi) is 8.29. The Hall–Kier alpha value is -3.16. The molecule has 4 N–H and O–H groups in total. The van der Waals surface area contributed by atoms with E-state index in [0.29, 0.717) is 51.5 Å². The van der Waals surface area contributed by atoms with E-state index in [9.17, 15) is 32.7 Å². The summed E-state index contributed by atoms with van der Waals surface area (Å²) in [5, 5.41) is 18.1. The van der Waals surface area contributed by atoms with Gasteiger partial charge in [0, 0.05) is 26.2 Å². The first-order valence-electron chi connectivity index (χ1n) is 15.4. The van der Waals surface area contributed by atoms with Crippen LogP contribution in [0.2, 0.25) is 0 Å². The maximum absolute atomic E-state index is 13.5. The summed E-state index contributed by atoms with van der Waals surface area (Å²) in [6.07, 6.45) is 6.42. The highest BCUT2D eigenvalue weighted by Gasteiger charge is 2.54. The molecule has 2 saturated heterocycles. The molecule has 43 heavy (non-hydrogen) atoms. The van der Waals surface area contributed by atoms with Gasteiger partial charge in [0.1, 0.15) is 16.9 Å². The van der Waals surface area contributed by atoms with Gasteiger partial charge in [0.25, 0.3) is 11.5 Å². The van der Waals surface area contributed by atoms with Gasteiger partial charge in [0.15, 0.2) is 9.84 Å². The van der Waals surface area contributed by atoms with Gasteiger partial charge in [-0.25, -0.2) is 18.0 Å². The van der Waals surface area contributed by atoms with Crippen molar-refractivity contribution in [2.75, 3.05) is 19.3 Å². The van der Waals surface area contributed by atoms with Gasteiger partial charge in [-0.05, 0) is 89.4 Å². The summed E-state index contributed by atoms with van der Waals surface area (Å²) in [4.78, 5) is 56.2. The molecule has 0 aromatic carbocycles. The third-order valence-electron chi connectivity index (χ3n) is 10.6.